The van der Waals surface area contributed by atoms with Crippen molar-refractivity contribution in [3.05, 3.63) is 72.0 Å². The number of pyridine rings is 1. The van der Waals surface area contributed by atoms with Crippen molar-refractivity contribution in [2.45, 2.75) is 4.90 Å². The van der Waals surface area contributed by atoms with Crippen molar-refractivity contribution in [2.24, 2.45) is 0 Å². The summed E-state index contributed by atoms with van der Waals surface area (Å²) in [5.74, 6) is 0. The van der Waals surface area contributed by atoms with Crippen LogP contribution in [0, 0.1) is 0 Å². The van der Waals surface area contributed by atoms with Gasteiger partial charge >= 0.3 is 0 Å². The Morgan fingerprint density at radius 1 is 0.962 bits per heavy atom. The number of halogens is 1. The van der Waals surface area contributed by atoms with E-state index in [0.29, 0.717) is 10.8 Å². The van der Waals surface area contributed by atoms with Crippen LogP contribution in [-0.2, 0) is 10.0 Å². The highest BCUT2D eigenvalue weighted by Gasteiger charge is 2.15. The zero-order valence-electron chi connectivity index (χ0n) is 14.3. The topological polar surface area (TPSA) is 62.3 Å². The Labute approximate surface area is 158 Å². The van der Waals surface area contributed by atoms with E-state index in [0.717, 1.165) is 16.8 Å². The standard InChI is InChI=1S/C19H18ClN3O2S/c1-23(2)17-9-7-16(8-10-17)22-26(24,25)18-5-3-4-14(12-18)15-6-11-19(20)21-13-15/h3-13,22H,1-2H3. The molecule has 5 nitrogen and oxygen atoms in total. The zero-order valence-corrected chi connectivity index (χ0v) is 15.9. The number of aromatic nitrogens is 1. The SMILES string of the molecule is CN(C)c1ccc(NS(=O)(=O)c2cccc(-c3ccc(Cl)nc3)c2)cc1. The summed E-state index contributed by atoms with van der Waals surface area (Å²) in [6, 6.07) is 17.4. The number of hydrogen-bond donors (Lipinski definition) is 1. The van der Waals surface area contributed by atoms with Crippen molar-refractivity contribution < 1.29 is 8.42 Å². The number of nitrogens with zero attached hydrogens (tertiary/aromatic N) is 2. The van der Waals surface area contributed by atoms with Gasteiger partial charge in [-0.2, -0.15) is 0 Å². The molecule has 7 heteroatoms. The number of nitrogens with one attached hydrogen (secondary N) is 1. The molecule has 0 saturated heterocycles. The molecule has 0 bridgehead atoms. The minimum atomic E-state index is -3.70. The fourth-order valence-electron chi connectivity index (χ4n) is 2.43. The molecule has 0 aliphatic carbocycles. The van der Waals surface area contributed by atoms with Crippen molar-refractivity contribution >= 4 is 33.0 Å². The van der Waals surface area contributed by atoms with Gasteiger partial charge in [-0.3, -0.25) is 4.72 Å². The Morgan fingerprint density at radius 2 is 1.69 bits per heavy atom. The predicted octanol–water partition coefficient (Wildman–Crippen LogP) is 4.27. The summed E-state index contributed by atoms with van der Waals surface area (Å²) in [7, 11) is 0.159. The van der Waals surface area contributed by atoms with E-state index in [-0.39, 0.29) is 4.90 Å². The molecule has 1 N–H and O–H groups in total. The number of anilines is 2. The lowest BCUT2D eigenvalue weighted by molar-refractivity contribution is 0.601. The molecule has 0 amide bonds. The van der Waals surface area contributed by atoms with Gasteiger partial charge in [-0.05, 0) is 54.1 Å². The fourth-order valence-corrected chi connectivity index (χ4v) is 3.65. The lowest BCUT2D eigenvalue weighted by atomic mass is 10.1. The second-order valence-electron chi connectivity index (χ2n) is 5.94. The molecular formula is C19H18ClN3O2S. The smallest absolute Gasteiger partial charge is 0.261 e. The van der Waals surface area contributed by atoms with Crippen LogP contribution in [-0.4, -0.2) is 27.5 Å². The van der Waals surface area contributed by atoms with Crippen LogP contribution in [0.4, 0.5) is 11.4 Å². The third-order valence-electron chi connectivity index (χ3n) is 3.84. The molecule has 26 heavy (non-hydrogen) atoms. The van der Waals surface area contributed by atoms with Crippen LogP contribution < -0.4 is 9.62 Å². The molecule has 2 aromatic carbocycles. The Morgan fingerprint density at radius 3 is 2.31 bits per heavy atom. The van der Waals surface area contributed by atoms with Gasteiger partial charge in [-0.15, -0.1) is 0 Å². The second-order valence-corrected chi connectivity index (χ2v) is 8.01. The van der Waals surface area contributed by atoms with Gasteiger partial charge in [0.15, 0.2) is 0 Å². The van der Waals surface area contributed by atoms with Gasteiger partial charge < -0.3 is 4.90 Å². The molecule has 3 rings (SSSR count). The lowest BCUT2D eigenvalue weighted by Crippen LogP contribution is -2.13. The molecule has 0 fully saturated rings. The Bertz CT molecular complexity index is 1000. The summed E-state index contributed by atoms with van der Waals surface area (Å²) in [6.45, 7) is 0. The third-order valence-corrected chi connectivity index (χ3v) is 5.44. The van der Waals surface area contributed by atoms with Gasteiger partial charge in [0, 0.05) is 37.2 Å². The van der Waals surface area contributed by atoms with E-state index in [1.54, 1.807) is 48.7 Å². The molecule has 3 aromatic rings. The number of sulfonamides is 1. The Kier molecular flexibility index (Phi) is 5.15. The monoisotopic (exact) mass is 387 g/mol. The minimum absolute atomic E-state index is 0.182. The summed E-state index contributed by atoms with van der Waals surface area (Å²) in [5, 5.41) is 0.389. The van der Waals surface area contributed by atoms with Crippen LogP contribution in [0.5, 0.6) is 0 Å². The van der Waals surface area contributed by atoms with Gasteiger partial charge in [-0.1, -0.05) is 23.7 Å². The molecule has 0 saturated carbocycles. The lowest BCUT2D eigenvalue weighted by Gasteiger charge is -2.14. The summed E-state index contributed by atoms with van der Waals surface area (Å²) in [5.41, 5.74) is 3.04. The van der Waals surface area contributed by atoms with Gasteiger partial charge in [-0.25, -0.2) is 13.4 Å². The normalized spacial score (nSPS) is 11.2. The van der Waals surface area contributed by atoms with Gasteiger partial charge in [0.25, 0.3) is 10.0 Å². The average molecular weight is 388 g/mol. The molecule has 0 aliphatic rings. The van der Waals surface area contributed by atoms with E-state index < -0.39 is 10.0 Å². The molecule has 0 unspecified atom stereocenters. The van der Waals surface area contributed by atoms with Crippen molar-refractivity contribution in [1.29, 1.82) is 0 Å². The maximum atomic E-state index is 12.7. The van der Waals surface area contributed by atoms with Gasteiger partial charge in [0.2, 0.25) is 0 Å². The minimum Gasteiger partial charge on any atom is -0.378 e. The maximum Gasteiger partial charge on any atom is 0.261 e. The first-order valence-electron chi connectivity index (χ1n) is 7.87. The highest BCUT2D eigenvalue weighted by molar-refractivity contribution is 7.92. The summed E-state index contributed by atoms with van der Waals surface area (Å²) in [6.07, 6.45) is 1.61. The van der Waals surface area contributed by atoms with Crippen LogP contribution in [0.25, 0.3) is 11.1 Å². The first-order chi connectivity index (χ1) is 12.3. The number of benzene rings is 2. The highest BCUT2D eigenvalue weighted by atomic mass is 35.5. The number of rotatable bonds is 5. The van der Waals surface area contributed by atoms with E-state index in [2.05, 4.69) is 9.71 Å². The molecular weight excluding hydrogens is 370 g/mol. The highest BCUT2D eigenvalue weighted by Crippen LogP contribution is 2.25. The van der Waals surface area contributed by atoms with E-state index in [4.69, 9.17) is 11.6 Å². The van der Waals surface area contributed by atoms with E-state index >= 15 is 0 Å². The van der Waals surface area contributed by atoms with Crippen molar-refractivity contribution in [2.75, 3.05) is 23.7 Å². The molecule has 0 spiro atoms. The van der Waals surface area contributed by atoms with Crippen LogP contribution in [0.2, 0.25) is 5.15 Å². The summed E-state index contributed by atoms with van der Waals surface area (Å²) in [4.78, 5) is 6.16. The Hall–Kier alpha value is -2.57. The van der Waals surface area contributed by atoms with E-state index in [9.17, 15) is 8.42 Å². The van der Waals surface area contributed by atoms with Gasteiger partial charge in [0.1, 0.15) is 5.15 Å². The maximum absolute atomic E-state index is 12.7. The molecule has 0 radical (unpaired) electrons. The van der Waals surface area contributed by atoms with Crippen molar-refractivity contribution in [3.63, 3.8) is 0 Å². The fraction of sp³-hybridized carbons (Fsp3) is 0.105. The van der Waals surface area contributed by atoms with Gasteiger partial charge in [0.05, 0.1) is 4.90 Å². The predicted molar refractivity (Wildman–Crippen MR) is 106 cm³/mol. The quantitative estimate of drug-likeness (QED) is 0.664. The molecule has 0 atom stereocenters. The summed E-state index contributed by atoms with van der Waals surface area (Å²) < 4.78 is 28.0. The van der Waals surface area contributed by atoms with Crippen LogP contribution in [0.3, 0.4) is 0 Å². The zero-order chi connectivity index (χ0) is 18.7. The molecule has 1 heterocycles. The largest absolute Gasteiger partial charge is 0.378 e. The van der Waals surface area contributed by atoms with Crippen LogP contribution in [0.1, 0.15) is 0 Å². The van der Waals surface area contributed by atoms with Crippen LogP contribution in [0.15, 0.2) is 71.8 Å². The van der Waals surface area contributed by atoms with E-state index in [1.165, 1.54) is 0 Å². The number of hydrogen-bond acceptors (Lipinski definition) is 4. The average Bonchev–Trinajstić information content (AvgIpc) is 2.62. The molecule has 1 aromatic heterocycles. The second kappa shape index (κ2) is 7.35. The molecule has 0 aliphatic heterocycles. The van der Waals surface area contributed by atoms with Crippen LogP contribution >= 0.6 is 11.6 Å². The molecule has 134 valence electrons. The first-order valence-corrected chi connectivity index (χ1v) is 9.73. The Balaban J connectivity index is 1.87. The van der Waals surface area contributed by atoms with E-state index in [1.807, 2.05) is 37.2 Å². The summed E-state index contributed by atoms with van der Waals surface area (Å²) >= 11 is 5.80. The first kappa shape index (κ1) is 18.2. The van der Waals surface area contributed by atoms with Crippen molar-refractivity contribution in [1.82, 2.24) is 4.98 Å². The van der Waals surface area contributed by atoms with Crippen molar-refractivity contribution in [3.8, 4) is 11.1 Å². The third kappa shape index (κ3) is 4.15.